The van der Waals surface area contributed by atoms with Crippen molar-refractivity contribution in [1.82, 2.24) is 0 Å². The topological polar surface area (TPSA) is 46.2 Å². The van der Waals surface area contributed by atoms with Crippen molar-refractivity contribution in [3.63, 3.8) is 0 Å². The van der Waals surface area contributed by atoms with Crippen LogP contribution >= 0.6 is 0 Å². The molecule has 1 aromatic rings. The van der Waals surface area contributed by atoms with Gasteiger partial charge in [0.05, 0.1) is 5.75 Å². The van der Waals surface area contributed by atoms with Crippen LogP contribution in [0.5, 0.6) is 0 Å². The molecule has 1 N–H and O–H groups in total. The van der Waals surface area contributed by atoms with Crippen molar-refractivity contribution in [2.75, 3.05) is 23.4 Å². The first kappa shape index (κ1) is 15.0. The molecule has 0 aliphatic carbocycles. The van der Waals surface area contributed by atoms with Gasteiger partial charge in [-0.2, -0.15) is 0 Å². The minimum Gasteiger partial charge on any atom is -0.384 e. The molecule has 0 aromatic heterocycles. The summed E-state index contributed by atoms with van der Waals surface area (Å²) in [6.45, 7) is 6.67. The second-order valence-electron chi connectivity index (χ2n) is 4.86. The highest BCUT2D eigenvalue weighted by atomic mass is 32.2. The van der Waals surface area contributed by atoms with Crippen LogP contribution in [-0.2, 0) is 9.84 Å². The predicted octanol–water partition coefficient (Wildman–Crippen LogP) is 3.05. The fourth-order valence-corrected chi connectivity index (χ4v) is 2.99. The quantitative estimate of drug-likeness (QED) is 0.827. The van der Waals surface area contributed by atoms with E-state index in [4.69, 9.17) is 0 Å². The van der Waals surface area contributed by atoms with E-state index in [1.54, 1.807) is 0 Å². The summed E-state index contributed by atoms with van der Waals surface area (Å²) < 4.78 is 23.0. The molecule has 0 amide bonds. The third kappa shape index (κ3) is 5.08. The van der Waals surface area contributed by atoms with Gasteiger partial charge >= 0.3 is 0 Å². The summed E-state index contributed by atoms with van der Waals surface area (Å²) in [4.78, 5) is 0. The molecular weight excluding hydrogens is 246 g/mol. The molecule has 1 rings (SSSR count). The summed E-state index contributed by atoms with van der Waals surface area (Å²) in [6, 6.07) is 8.16. The highest BCUT2D eigenvalue weighted by molar-refractivity contribution is 7.91. The number of benzene rings is 1. The zero-order chi connectivity index (χ0) is 13.6. The average molecular weight is 269 g/mol. The Labute approximate surface area is 111 Å². The molecule has 0 fully saturated rings. The van der Waals surface area contributed by atoms with Gasteiger partial charge in [-0.3, -0.25) is 0 Å². The Hall–Kier alpha value is -1.03. The first-order chi connectivity index (χ1) is 8.44. The van der Waals surface area contributed by atoms with E-state index in [2.05, 4.69) is 31.3 Å². The van der Waals surface area contributed by atoms with E-state index in [0.29, 0.717) is 18.9 Å². The maximum Gasteiger partial charge on any atom is 0.152 e. The molecule has 0 saturated heterocycles. The van der Waals surface area contributed by atoms with Crippen molar-refractivity contribution < 1.29 is 8.42 Å². The van der Waals surface area contributed by atoms with E-state index in [-0.39, 0.29) is 11.5 Å². The van der Waals surface area contributed by atoms with Crippen LogP contribution in [0.4, 0.5) is 5.69 Å². The molecule has 0 saturated carbocycles. The molecule has 0 aliphatic rings. The van der Waals surface area contributed by atoms with Gasteiger partial charge in [-0.1, -0.05) is 32.9 Å². The van der Waals surface area contributed by atoms with E-state index in [9.17, 15) is 8.42 Å². The first-order valence-corrected chi connectivity index (χ1v) is 8.31. The van der Waals surface area contributed by atoms with Crippen LogP contribution in [0.2, 0.25) is 0 Å². The summed E-state index contributed by atoms with van der Waals surface area (Å²) >= 11 is 0. The summed E-state index contributed by atoms with van der Waals surface area (Å²) in [5.74, 6) is 0.997. The second-order valence-corrected chi connectivity index (χ2v) is 7.16. The molecule has 1 aromatic carbocycles. The summed E-state index contributed by atoms with van der Waals surface area (Å²) in [7, 11) is -2.89. The van der Waals surface area contributed by atoms with Gasteiger partial charge in [0.2, 0.25) is 0 Å². The summed E-state index contributed by atoms with van der Waals surface area (Å²) in [5.41, 5.74) is 2.27. The van der Waals surface area contributed by atoms with Crippen molar-refractivity contribution in [3.8, 4) is 0 Å². The van der Waals surface area contributed by atoms with Crippen LogP contribution in [0.3, 0.4) is 0 Å². The smallest absolute Gasteiger partial charge is 0.152 e. The Bertz CT molecular complexity index is 449. The minimum atomic E-state index is -2.89. The zero-order valence-corrected chi connectivity index (χ0v) is 12.3. The van der Waals surface area contributed by atoms with E-state index in [1.165, 1.54) is 5.56 Å². The molecule has 0 unspecified atom stereocenters. The fourth-order valence-electron chi connectivity index (χ4n) is 1.75. The van der Waals surface area contributed by atoms with Crippen molar-refractivity contribution in [2.45, 2.75) is 33.1 Å². The Morgan fingerprint density at radius 2 is 1.72 bits per heavy atom. The van der Waals surface area contributed by atoms with Crippen LogP contribution in [0.1, 0.15) is 38.7 Å². The molecule has 0 aliphatic heterocycles. The zero-order valence-electron chi connectivity index (χ0n) is 11.4. The van der Waals surface area contributed by atoms with E-state index >= 15 is 0 Å². The fraction of sp³-hybridized carbons (Fsp3) is 0.571. The molecule has 0 heterocycles. The maximum absolute atomic E-state index is 11.5. The number of rotatable bonds is 7. The predicted molar refractivity (Wildman–Crippen MR) is 78.0 cm³/mol. The van der Waals surface area contributed by atoms with Gasteiger partial charge < -0.3 is 5.32 Å². The van der Waals surface area contributed by atoms with Crippen molar-refractivity contribution in [1.29, 1.82) is 0 Å². The molecule has 102 valence electrons. The molecule has 0 bridgehead atoms. The lowest BCUT2D eigenvalue weighted by atomic mass is 10.0. The van der Waals surface area contributed by atoms with Crippen molar-refractivity contribution >= 4 is 15.5 Å². The average Bonchev–Trinajstić information content (AvgIpc) is 2.29. The Balaban J connectivity index is 2.45. The van der Waals surface area contributed by atoms with Gasteiger partial charge in [0.15, 0.2) is 9.84 Å². The molecule has 0 spiro atoms. The monoisotopic (exact) mass is 269 g/mol. The van der Waals surface area contributed by atoms with Gasteiger partial charge in [-0.25, -0.2) is 8.42 Å². The third-order valence-corrected chi connectivity index (χ3v) is 4.69. The van der Waals surface area contributed by atoms with Gasteiger partial charge in [-0.15, -0.1) is 0 Å². The van der Waals surface area contributed by atoms with Crippen LogP contribution < -0.4 is 5.32 Å². The standard InChI is InChI=1S/C14H23NO2S/c1-4-10-18(16,17)11-9-15-14-7-5-13(6-8-14)12(2)3/h5-8,12,15H,4,9-11H2,1-3H3. The maximum atomic E-state index is 11.5. The van der Waals surface area contributed by atoms with Crippen molar-refractivity contribution in [3.05, 3.63) is 29.8 Å². The molecule has 18 heavy (non-hydrogen) atoms. The molecule has 3 nitrogen and oxygen atoms in total. The summed E-state index contributed by atoms with van der Waals surface area (Å²) in [5, 5.41) is 3.15. The largest absolute Gasteiger partial charge is 0.384 e. The number of hydrogen-bond donors (Lipinski definition) is 1. The lowest BCUT2D eigenvalue weighted by molar-refractivity contribution is 0.595. The Morgan fingerprint density at radius 1 is 1.11 bits per heavy atom. The Morgan fingerprint density at radius 3 is 2.22 bits per heavy atom. The highest BCUT2D eigenvalue weighted by Gasteiger charge is 2.08. The lowest BCUT2D eigenvalue weighted by Crippen LogP contribution is -2.18. The van der Waals surface area contributed by atoms with Crippen LogP contribution in [-0.4, -0.2) is 26.5 Å². The van der Waals surface area contributed by atoms with Crippen LogP contribution in [0.15, 0.2) is 24.3 Å². The SMILES string of the molecule is CCCS(=O)(=O)CCNc1ccc(C(C)C)cc1. The van der Waals surface area contributed by atoms with Gasteiger partial charge in [0, 0.05) is 18.0 Å². The number of hydrogen-bond acceptors (Lipinski definition) is 3. The van der Waals surface area contributed by atoms with E-state index in [0.717, 1.165) is 5.69 Å². The Kier molecular flexibility index (Phi) is 5.66. The molecule has 0 radical (unpaired) electrons. The highest BCUT2D eigenvalue weighted by Crippen LogP contribution is 2.16. The van der Waals surface area contributed by atoms with Crippen molar-refractivity contribution in [2.24, 2.45) is 0 Å². The minimum absolute atomic E-state index is 0.201. The number of anilines is 1. The summed E-state index contributed by atoms with van der Waals surface area (Å²) in [6.07, 6.45) is 0.686. The third-order valence-electron chi connectivity index (χ3n) is 2.83. The molecule has 4 heteroatoms. The lowest BCUT2D eigenvalue weighted by Gasteiger charge is -2.09. The van der Waals surface area contributed by atoms with E-state index in [1.807, 2.05) is 19.1 Å². The van der Waals surface area contributed by atoms with Crippen LogP contribution in [0, 0.1) is 0 Å². The second kappa shape index (κ2) is 6.78. The number of sulfone groups is 1. The van der Waals surface area contributed by atoms with Gasteiger partial charge in [0.25, 0.3) is 0 Å². The first-order valence-electron chi connectivity index (χ1n) is 6.49. The molecular formula is C14H23NO2S. The normalized spacial score (nSPS) is 11.8. The van der Waals surface area contributed by atoms with Gasteiger partial charge in [-0.05, 0) is 30.0 Å². The molecule has 0 atom stereocenters. The van der Waals surface area contributed by atoms with E-state index < -0.39 is 9.84 Å². The van der Waals surface area contributed by atoms with Crippen LogP contribution in [0.25, 0.3) is 0 Å². The number of nitrogens with one attached hydrogen (secondary N) is 1. The van der Waals surface area contributed by atoms with Gasteiger partial charge in [0.1, 0.15) is 0 Å².